The number of methoxy groups -OCH3 is 1. The molecule has 0 spiro atoms. The quantitative estimate of drug-likeness (QED) is 0.513. The highest BCUT2D eigenvalue weighted by Crippen LogP contribution is 2.28. The molecule has 2 heterocycles. The summed E-state index contributed by atoms with van der Waals surface area (Å²) in [6, 6.07) is 16.9. The number of nitrogens with zero attached hydrogens (tertiary/aromatic N) is 3. The van der Waals surface area contributed by atoms with E-state index in [1.54, 1.807) is 36.2 Å². The predicted octanol–water partition coefficient (Wildman–Crippen LogP) is 4.89. The fraction of sp³-hybridized carbons (Fsp3) is 0.0909. The van der Waals surface area contributed by atoms with Gasteiger partial charge in [-0.05, 0) is 49.4 Å². The van der Waals surface area contributed by atoms with E-state index in [-0.39, 0.29) is 5.91 Å². The van der Waals surface area contributed by atoms with Crippen molar-refractivity contribution in [3.8, 4) is 17.3 Å². The summed E-state index contributed by atoms with van der Waals surface area (Å²) >= 11 is 6.17. The number of hydrogen-bond acceptors (Lipinski definition) is 3. The van der Waals surface area contributed by atoms with Crippen LogP contribution in [0.15, 0.2) is 73.2 Å². The SMILES string of the molecule is COc1ccc(NC(=O)c2cnn(-c3ccc(C)cc3)c2-n2cccc2)cc1Cl. The molecule has 0 atom stereocenters. The van der Waals surface area contributed by atoms with Crippen molar-refractivity contribution in [1.29, 1.82) is 0 Å². The summed E-state index contributed by atoms with van der Waals surface area (Å²) in [5.41, 5.74) is 3.03. The minimum Gasteiger partial charge on any atom is -0.495 e. The molecule has 4 aromatic rings. The van der Waals surface area contributed by atoms with Gasteiger partial charge in [-0.3, -0.25) is 4.79 Å². The molecule has 0 aliphatic carbocycles. The zero-order chi connectivity index (χ0) is 20.4. The van der Waals surface area contributed by atoms with Gasteiger partial charge in [0.2, 0.25) is 0 Å². The third-order valence-electron chi connectivity index (χ3n) is 4.53. The van der Waals surface area contributed by atoms with E-state index in [0.29, 0.717) is 27.8 Å². The summed E-state index contributed by atoms with van der Waals surface area (Å²) in [5, 5.41) is 7.77. The molecule has 0 bridgehead atoms. The second-order valence-corrected chi connectivity index (χ2v) is 6.93. The van der Waals surface area contributed by atoms with Crippen LogP contribution in [0.4, 0.5) is 5.69 Å². The molecule has 0 saturated carbocycles. The molecule has 2 aromatic heterocycles. The highest BCUT2D eigenvalue weighted by atomic mass is 35.5. The lowest BCUT2D eigenvalue weighted by Crippen LogP contribution is -2.15. The van der Waals surface area contributed by atoms with Gasteiger partial charge in [-0.15, -0.1) is 0 Å². The molecule has 7 heteroatoms. The van der Waals surface area contributed by atoms with E-state index in [2.05, 4.69) is 10.4 Å². The Morgan fingerprint density at radius 1 is 1.10 bits per heavy atom. The van der Waals surface area contributed by atoms with E-state index >= 15 is 0 Å². The smallest absolute Gasteiger partial charge is 0.261 e. The number of ether oxygens (including phenoxy) is 1. The maximum atomic E-state index is 13.0. The van der Waals surface area contributed by atoms with Crippen LogP contribution in [0.1, 0.15) is 15.9 Å². The maximum Gasteiger partial charge on any atom is 0.261 e. The average Bonchev–Trinajstić information content (AvgIpc) is 3.38. The minimum atomic E-state index is -0.284. The first kappa shape index (κ1) is 18.8. The van der Waals surface area contributed by atoms with Crippen molar-refractivity contribution in [3.63, 3.8) is 0 Å². The summed E-state index contributed by atoms with van der Waals surface area (Å²) in [6.45, 7) is 2.03. The van der Waals surface area contributed by atoms with E-state index in [1.165, 1.54) is 0 Å². The fourth-order valence-corrected chi connectivity index (χ4v) is 3.30. The molecule has 29 heavy (non-hydrogen) atoms. The number of rotatable bonds is 5. The summed E-state index contributed by atoms with van der Waals surface area (Å²) in [4.78, 5) is 13.0. The van der Waals surface area contributed by atoms with Gasteiger partial charge in [0, 0.05) is 18.1 Å². The van der Waals surface area contributed by atoms with Gasteiger partial charge in [-0.1, -0.05) is 29.3 Å². The van der Waals surface area contributed by atoms with Crippen LogP contribution in [0, 0.1) is 6.92 Å². The molecular weight excluding hydrogens is 388 g/mol. The molecule has 1 amide bonds. The summed E-state index contributed by atoms with van der Waals surface area (Å²) in [7, 11) is 1.54. The van der Waals surface area contributed by atoms with Crippen molar-refractivity contribution in [2.24, 2.45) is 0 Å². The maximum absolute atomic E-state index is 13.0. The highest BCUT2D eigenvalue weighted by molar-refractivity contribution is 6.32. The number of carbonyl (C=O) groups is 1. The normalized spacial score (nSPS) is 10.7. The predicted molar refractivity (Wildman–Crippen MR) is 114 cm³/mol. The van der Waals surface area contributed by atoms with E-state index < -0.39 is 0 Å². The number of benzene rings is 2. The zero-order valence-electron chi connectivity index (χ0n) is 16.0. The average molecular weight is 407 g/mol. The number of anilines is 1. The third-order valence-corrected chi connectivity index (χ3v) is 4.82. The lowest BCUT2D eigenvalue weighted by Gasteiger charge is -2.12. The van der Waals surface area contributed by atoms with Gasteiger partial charge < -0.3 is 14.6 Å². The molecular formula is C22H19ClN4O2. The second-order valence-electron chi connectivity index (χ2n) is 6.52. The molecule has 0 radical (unpaired) electrons. The number of amides is 1. The summed E-state index contributed by atoms with van der Waals surface area (Å²) < 4.78 is 8.77. The molecule has 4 rings (SSSR count). The van der Waals surface area contributed by atoms with E-state index in [0.717, 1.165) is 11.3 Å². The molecule has 6 nitrogen and oxygen atoms in total. The van der Waals surface area contributed by atoms with Crippen molar-refractivity contribution in [2.75, 3.05) is 12.4 Å². The van der Waals surface area contributed by atoms with Crippen molar-refractivity contribution in [3.05, 3.63) is 89.3 Å². The third kappa shape index (κ3) is 3.75. The van der Waals surface area contributed by atoms with Crippen molar-refractivity contribution in [1.82, 2.24) is 14.3 Å². The number of hydrogen-bond donors (Lipinski definition) is 1. The standard InChI is InChI=1S/C22H19ClN4O2/c1-15-5-8-17(9-6-15)27-22(26-11-3-4-12-26)18(14-24-27)21(28)25-16-7-10-20(29-2)19(23)13-16/h3-14H,1-2H3,(H,25,28). The first-order chi connectivity index (χ1) is 14.1. The highest BCUT2D eigenvalue weighted by Gasteiger charge is 2.20. The van der Waals surface area contributed by atoms with Crippen molar-refractivity contribution in [2.45, 2.75) is 6.92 Å². The Bertz CT molecular complexity index is 1150. The van der Waals surface area contributed by atoms with Crippen molar-refractivity contribution >= 4 is 23.2 Å². The fourth-order valence-electron chi connectivity index (χ4n) is 3.04. The number of halogens is 1. The van der Waals surface area contributed by atoms with E-state index in [9.17, 15) is 4.79 Å². The van der Waals surface area contributed by atoms with Gasteiger partial charge >= 0.3 is 0 Å². The van der Waals surface area contributed by atoms with Crippen LogP contribution in [-0.2, 0) is 0 Å². The number of carbonyl (C=O) groups excluding carboxylic acids is 1. The van der Waals surface area contributed by atoms with E-state index in [1.807, 2.05) is 60.3 Å². The minimum absolute atomic E-state index is 0.284. The molecule has 146 valence electrons. The Hall–Kier alpha value is -3.51. The van der Waals surface area contributed by atoms with Crippen LogP contribution in [-0.4, -0.2) is 27.4 Å². The molecule has 0 fully saturated rings. The molecule has 1 N–H and O–H groups in total. The van der Waals surface area contributed by atoms with Crippen molar-refractivity contribution < 1.29 is 9.53 Å². The number of aryl methyl sites for hydroxylation is 1. The van der Waals surface area contributed by atoms with Crippen LogP contribution in [0.2, 0.25) is 5.02 Å². The first-order valence-corrected chi connectivity index (χ1v) is 9.38. The molecule has 0 aliphatic heterocycles. The Morgan fingerprint density at radius 3 is 2.48 bits per heavy atom. The second kappa shape index (κ2) is 7.85. The Labute approximate surface area is 173 Å². The van der Waals surface area contributed by atoms with Crippen LogP contribution in [0.5, 0.6) is 5.75 Å². The van der Waals surface area contributed by atoms with Crippen LogP contribution in [0.3, 0.4) is 0 Å². The lowest BCUT2D eigenvalue weighted by atomic mass is 10.2. The summed E-state index contributed by atoms with van der Waals surface area (Å²) in [6.07, 6.45) is 5.32. The number of nitrogens with one attached hydrogen (secondary N) is 1. The Kier molecular flexibility index (Phi) is 5.10. The van der Waals surface area contributed by atoms with Gasteiger partial charge in [0.15, 0.2) is 5.82 Å². The van der Waals surface area contributed by atoms with E-state index in [4.69, 9.17) is 16.3 Å². The van der Waals surface area contributed by atoms with Gasteiger partial charge in [0.1, 0.15) is 11.3 Å². The molecule has 0 saturated heterocycles. The topological polar surface area (TPSA) is 61.1 Å². The Morgan fingerprint density at radius 2 is 1.83 bits per heavy atom. The van der Waals surface area contributed by atoms with Gasteiger partial charge in [0.05, 0.1) is 24.0 Å². The first-order valence-electron chi connectivity index (χ1n) is 9.00. The largest absolute Gasteiger partial charge is 0.495 e. The lowest BCUT2D eigenvalue weighted by molar-refractivity contribution is 0.102. The molecule has 0 aliphatic rings. The Balaban J connectivity index is 1.73. The summed E-state index contributed by atoms with van der Waals surface area (Å²) in [5.74, 6) is 0.911. The van der Waals surface area contributed by atoms with Gasteiger partial charge in [-0.2, -0.15) is 5.10 Å². The zero-order valence-corrected chi connectivity index (χ0v) is 16.7. The number of aromatic nitrogens is 3. The van der Waals surface area contributed by atoms with Gasteiger partial charge in [-0.25, -0.2) is 4.68 Å². The molecule has 0 unspecified atom stereocenters. The molecule has 2 aromatic carbocycles. The van der Waals surface area contributed by atoms with Crippen LogP contribution in [0.25, 0.3) is 11.5 Å². The monoisotopic (exact) mass is 406 g/mol. The van der Waals surface area contributed by atoms with Gasteiger partial charge in [0.25, 0.3) is 5.91 Å². The van der Waals surface area contributed by atoms with Crippen LogP contribution < -0.4 is 10.1 Å². The van der Waals surface area contributed by atoms with Crippen LogP contribution >= 0.6 is 11.6 Å².